The van der Waals surface area contributed by atoms with Crippen molar-refractivity contribution in [1.82, 2.24) is 5.32 Å². The monoisotopic (exact) mass is 297 g/mol. The minimum atomic E-state index is 0.218. The number of rotatable bonds is 3. The van der Waals surface area contributed by atoms with Crippen molar-refractivity contribution in [3.63, 3.8) is 0 Å². The van der Waals surface area contributed by atoms with E-state index in [4.69, 9.17) is 4.74 Å². The highest BCUT2D eigenvalue weighted by Crippen LogP contribution is 2.68. The molecule has 2 heterocycles. The molecule has 0 bridgehead atoms. The quantitative estimate of drug-likeness (QED) is 0.858. The lowest BCUT2D eigenvalue weighted by Gasteiger charge is -2.43. The number of ether oxygens (including phenoxy) is 1. The maximum atomic E-state index is 6.19. The molecule has 2 nitrogen and oxygen atoms in total. The van der Waals surface area contributed by atoms with Gasteiger partial charge in [0, 0.05) is 12.6 Å². The van der Waals surface area contributed by atoms with Crippen molar-refractivity contribution in [2.24, 2.45) is 16.7 Å². The van der Waals surface area contributed by atoms with Crippen molar-refractivity contribution in [3.05, 3.63) is 0 Å². The van der Waals surface area contributed by atoms with Crippen molar-refractivity contribution in [2.75, 3.05) is 24.7 Å². The van der Waals surface area contributed by atoms with Gasteiger partial charge < -0.3 is 10.1 Å². The predicted molar refractivity (Wildman–Crippen MR) is 87.3 cm³/mol. The van der Waals surface area contributed by atoms with Crippen molar-refractivity contribution in [2.45, 2.75) is 65.0 Å². The third-order valence-corrected chi connectivity index (χ3v) is 7.81. The Bertz CT molecular complexity index is 340. The standard InChI is InChI=1S/C17H31NOS/c1-15(2)14(16(15,3)4)12-18-13-5-8-19-17(11-13)6-9-20-10-7-17/h13-14,18H,5-12H2,1-4H3. The molecular formula is C17H31NOS. The number of hydrogen-bond donors (Lipinski definition) is 1. The zero-order valence-electron chi connectivity index (χ0n) is 13.6. The van der Waals surface area contributed by atoms with E-state index in [0.717, 1.165) is 12.5 Å². The smallest absolute Gasteiger partial charge is 0.0713 e. The summed E-state index contributed by atoms with van der Waals surface area (Å²) in [5.41, 5.74) is 1.23. The Labute approximate surface area is 128 Å². The van der Waals surface area contributed by atoms with E-state index in [9.17, 15) is 0 Å². The van der Waals surface area contributed by atoms with Gasteiger partial charge in [-0.3, -0.25) is 0 Å². The van der Waals surface area contributed by atoms with Crippen molar-refractivity contribution in [1.29, 1.82) is 0 Å². The highest BCUT2D eigenvalue weighted by atomic mass is 32.2. The van der Waals surface area contributed by atoms with Gasteiger partial charge in [0.05, 0.1) is 5.60 Å². The molecule has 0 aromatic heterocycles. The summed E-state index contributed by atoms with van der Waals surface area (Å²) in [5, 5.41) is 3.88. The zero-order valence-corrected chi connectivity index (χ0v) is 14.4. The minimum Gasteiger partial charge on any atom is -0.375 e. The zero-order chi connectivity index (χ0) is 14.4. The Morgan fingerprint density at radius 2 is 1.75 bits per heavy atom. The van der Waals surface area contributed by atoms with Crippen molar-refractivity contribution >= 4 is 11.8 Å². The fraction of sp³-hybridized carbons (Fsp3) is 1.00. The molecule has 116 valence electrons. The van der Waals surface area contributed by atoms with Gasteiger partial charge in [-0.25, -0.2) is 0 Å². The van der Waals surface area contributed by atoms with Crippen LogP contribution < -0.4 is 5.32 Å². The molecular weight excluding hydrogens is 266 g/mol. The molecule has 0 radical (unpaired) electrons. The first-order chi connectivity index (χ1) is 9.37. The topological polar surface area (TPSA) is 21.3 Å². The summed E-state index contributed by atoms with van der Waals surface area (Å²) in [6.45, 7) is 11.8. The van der Waals surface area contributed by atoms with Crippen LogP contribution >= 0.6 is 11.8 Å². The van der Waals surface area contributed by atoms with Gasteiger partial charge in [-0.05, 0) is 60.5 Å². The van der Waals surface area contributed by atoms with Gasteiger partial charge in [0.25, 0.3) is 0 Å². The second-order valence-corrected chi connectivity index (χ2v) is 9.46. The molecule has 2 aliphatic heterocycles. The Kier molecular flexibility index (Phi) is 3.92. The molecule has 1 saturated carbocycles. The van der Waals surface area contributed by atoms with Crippen LogP contribution in [0.3, 0.4) is 0 Å². The van der Waals surface area contributed by atoms with Gasteiger partial charge in [0.2, 0.25) is 0 Å². The lowest BCUT2D eigenvalue weighted by atomic mass is 9.85. The SMILES string of the molecule is CC1(C)C(CNC2CCOC3(CCSCC3)C2)C1(C)C. The molecule has 1 spiro atoms. The fourth-order valence-electron chi connectivity index (χ4n) is 4.42. The highest BCUT2D eigenvalue weighted by molar-refractivity contribution is 7.99. The molecule has 20 heavy (non-hydrogen) atoms. The van der Waals surface area contributed by atoms with Crippen LogP contribution in [0, 0.1) is 16.7 Å². The summed E-state index contributed by atoms with van der Waals surface area (Å²) >= 11 is 2.09. The number of hydrogen-bond acceptors (Lipinski definition) is 3. The maximum Gasteiger partial charge on any atom is 0.0713 e. The van der Waals surface area contributed by atoms with Gasteiger partial charge in [-0.15, -0.1) is 0 Å². The van der Waals surface area contributed by atoms with Gasteiger partial charge in [-0.1, -0.05) is 27.7 Å². The van der Waals surface area contributed by atoms with E-state index >= 15 is 0 Å². The molecule has 3 fully saturated rings. The molecule has 0 amide bonds. The highest BCUT2D eigenvalue weighted by Gasteiger charge is 2.64. The second kappa shape index (κ2) is 5.17. The minimum absolute atomic E-state index is 0.218. The second-order valence-electron chi connectivity index (χ2n) is 8.24. The van der Waals surface area contributed by atoms with Gasteiger partial charge >= 0.3 is 0 Å². The molecule has 1 N–H and O–H groups in total. The molecule has 3 heteroatoms. The van der Waals surface area contributed by atoms with Gasteiger partial charge in [0.1, 0.15) is 0 Å². The van der Waals surface area contributed by atoms with E-state index in [0.29, 0.717) is 16.9 Å². The summed E-state index contributed by atoms with van der Waals surface area (Å²) < 4.78 is 6.19. The summed E-state index contributed by atoms with van der Waals surface area (Å²) in [7, 11) is 0. The van der Waals surface area contributed by atoms with Crippen LogP contribution in [0.15, 0.2) is 0 Å². The fourth-order valence-corrected chi connectivity index (χ4v) is 5.66. The molecule has 3 aliphatic rings. The Morgan fingerprint density at radius 1 is 1.10 bits per heavy atom. The summed E-state index contributed by atoms with van der Waals surface area (Å²) in [5.74, 6) is 3.40. The summed E-state index contributed by atoms with van der Waals surface area (Å²) in [6, 6.07) is 0.680. The van der Waals surface area contributed by atoms with E-state index in [1.165, 1.54) is 43.7 Å². The van der Waals surface area contributed by atoms with Crippen LogP contribution in [-0.4, -0.2) is 36.3 Å². The molecule has 2 saturated heterocycles. The third-order valence-electron chi connectivity index (χ3n) is 6.83. The van der Waals surface area contributed by atoms with Crippen LogP contribution in [-0.2, 0) is 4.74 Å². The Balaban J connectivity index is 1.51. The first-order valence-electron chi connectivity index (χ1n) is 8.33. The summed E-state index contributed by atoms with van der Waals surface area (Å²) in [6.07, 6.45) is 4.95. The average molecular weight is 298 g/mol. The van der Waals surface area contributed by atoms with Gasteiger partial charge in [0.15, 0.2) is 0 Å². The van der Waals surface area contributed by atoms with Crippen molar-refractivity contribution < 1.29 is 4.74 Å². The van der Waals surface area contributed by atoms with E-state index in [1.807, 2.05) is 0 Å². The Hall–Kier alpha value is 0.270. The average Bonchev–Trinajstić information content (AvgIpc) is 2.78. The largest absolute Gasteiger partial charge is 0.375 e. The molecule has 1 unspecified atom stereocenters. The van der Waals surface area contributed by atoms with Crippen LogP contribution in [0.1, 0.15) is 53.4 Å². The maximum absolute atomic E-state index is 6.19. The van der Waals surface area contributed by atoms with E-state index in [2.05, 4.69) is 44.8 Å². The first-order valence-corrected chi connectivity index (χ1v) is 9.48. The van der Waals surface area contributed by atoms with Crippen molar-refractivity contribution in [3.8, 4) is 0 Å². The van der Waals surface area contributed by atoms with E-state index in [-0.39, 0.29) is 5.60 Å². The number of thioether (sulfide) groups is 1. The number of nitrogens with one attached hydrogen (secondary N) is 1. The van der Waals surface area contributed by atoms with Crippen LogP contribution in [0.5, 0.6) is 0 Å². The first kappa shape index (κ1) is 15.2. The third kappa shape index (κ3) is 2.55. The molecule has 0 aromatic rings. The van der Waals surface area contributed by atoms with Crippen LogP contribution in [0.2, 0.25) is 0 Å². The normalized spacial score (nSPS) is 35.1. The lowest BCUT2D eigenvalue weighted by Crippen LogP contribution is -2.49. The van der Waals surface area contributed by atoms with Crippen LogP contribution in [0.4, 0.5) is 0 Å². The molecule has 1 aliphatic carbocycles. The molecule has 0 aromatic carbocycles. The molecule has 1 atom stereocenters. The lowest BCUT2D eigenvalue weighted by molar-refractivity contribution is -0.0932. The van der Waals surface area contributed by atoms with Gasteiger partial charge in [-0.2, -0.15) is 11.8 Å². The van der Waals surface area contributed by atoms with Crippen LogP contribution in [0.25, 0.3) is 0 Å². The predicted octanol–water partition coefficient (Wildman–Crippen LogP) is 3.70. The summed E-state index contributed by atoms with van der Waals surface area (Å²) in [4.78, 5) is 0. The Morgan fingerprint density at radius 3 is 2.35 bits per heavy atom. The molecule has 3 rings (SSSR count). The van der Waals surface area contributed by atoms with E-state index < -0.39 is 0 Å². The van der Waals surface area contributed by atoms with E-state index in [1.54, 1.807) is 0 Å².